The van der Waals surface area contributed by atoms with Crippen LogP contribution in [-0.4, -0.2) is 85.7 Å². The minimum Gasteiger partial charge on any atom is -0.475 e. The number of aryl methyl sites for hydroxylation is 1. The summed E-state index contributed by atoms with van der Waals surface area (Å²) in [6.45, 7) is 2.87. The third-order valence-corrected chi connectivity index (χ3v) is 6.86. The van der Waals surface area contributed by atoms with Gasteiger partial charge in [0.15, 0.2) is 5.96 Å². The second-order valence-corrected chi connectivity index (χ2v) is 11.2. The number of fused-ring (bicyclic) bond motifs is 1. The highest BCUT2D eigenvalue weighted by Crippen LogP contribution is 2.28. The fourth-order valence-corrected chi connectivity index (χ4v) is 4.31. The summed E-state index contributed by atoms with van der Waals surface area (Å²) in [6.07, 6.45) is -11.3. The van der Waals surface area contributed by atoms with Crippen LogP contribution in [-0.2, 0) is 27.5 Å². The van der Waals surface area contributed by atoms with Crippen molar-refractivity contribution < 1.29 is 74.0 Å². The Labute approximate surface area is 304 Å². The summed E-state index contributed by atoms with van der Waals surface area (Å²) in [4.78, 5) is 53.2. The SMILES string of the molecule is Cc1ccc2nc(C(=O)NCc3ccc(CN)cc3)nc(NC3CCCCC3N=C(N)N)c2c1.O=C(O)C(F)(F)F.O=C(O)C(F)(F)F.O=C(O)C(F)(F)F. The van der Waals surface area contributed by atoms with Crippen molar-refractivity contribution in [2.45, 2.75) is 76.3 Å². The molecular formula is C31H35F9N8O7. The Morgan fingerprint density at radius 3 is 1.71 bits per heavy atom. The van der Waals surface area contributed by atoms with Crippen LogP contribution in [0, 0.1) is 6.92 Å². The van der Waals surface area contributed by atoms with Crippen LogP contribution < -0.4 is 27.8 Å². The number of nitrogens with two attached hydrogens (primary N) is 3. The number of alkyl halides is 9. The zero-order valence-corrected chi connectivity index (χ0v) is 28.4. The Morgan fingerprint density at radius 1 is 0.782 bits per heavy atom. The molecule has 11 N–H and O–H groups in total. The number of carboxylic acid groups (broad SMARTS) is 3. The first kappa shape index (κ1) is 47.1. The lowest BCUT2D eigenvalue weighted by atomic mass is 9.90. The van der Waals surface area contributed by atoms with Crippen molar-refractivity contribution >= 4 is 46.5 Å². The maximum atomic E-state index is 13.0. The number of hydrogen-bond acceptors (Lipinski definition) is 9. The second kappa shape index (κ2) is 20.5. The van der Waals surface area contributed by atoms with E-state index in [0.29, 0.717) is 24.4 Å². The monoisotopic (exact) mass is 802 g/mol. The maximum absolute atomic E-state index is 13.0. The molecule has 4 rings (SSSR count). The van der Waals surface area contributed by atoms with E-state index in [9.17, 15) is 44.3 Å². The van der Waals surface area contributed by atoms with E-state index in [1.165, 1.54) is 0 Å². The van der Waals surface area contributed by atoms with E-state index in [-0.39, 0.29) is 29.8 Å². The third kappa shape index (κ3) is 17.2. The van der Waals surface area contributed by atoms with Crippen LogP contribution in [0.3, 0.4) is 0 Å². The summed E-state index contributed by atoms with van der Waals surface area (Å²) in [5, 5.41) is 28.7. The molecular weight excluding hydrogens is 767 g/mol. The lowest BCUT2D eigenvalue weighted by Gasteiger charge is -2.30. The molecule has 1 heterocycles. The lowest BCUT2D eigenvalue weighted by molar-refractivity contribution is -0.193. The molecule has 0 saturated heterocycles. The molecule has 1 fully saturated rings. The number of benzene rings is 2. The second-order valence-electron chi connectivity index (χ2n) is 11.2. The smallest absolute Gasteiger partial charge is 0.475 e. The minimum absolute atomic E-state index is 0.0198. The Bertz CT molecular complexity index is 1740. The zero-order valence-electron chi connectivity index (χ0n) is 28.4. The fourth-order valence-electron chi connectivity index (χ4n) is 4.31. The van der Waals surface area contributed by atoms with Gasteiger partial charge < -0.3 is 43.2 Å². The summed E-state index contributed by atoms with van der Waals surface area (Å²) < 4.78 is 95.2. The Balaban J connectivity index is 0.000000588. The number of carboxylic acids is 3. The van der Waals surface area contributed by atoms with Gasteiger partial charge in [0.2, 0.25) is 5.82 Å². The highest BCUT2D eigenvalue weighted by atomic mass is 19.4. The predicted octanol–water partition coefficient (Wildman–Crippen LogP) is 4.22. The molecule has 1 aliphatic carbocycles. The van der Waals surface area contributed by atoms with E-state index in [1.54, 1.807) is 0 Å². The largest absolute Gasteiger partial charge is 0.490 e. The number of aromatic nitrogens is 2. The molecule has 24 heteroatoms. The molecule has 55 heavy (non-hydrogen) atoms. The van der Waals surface area contributed by atoms with Crippen LogP contribution in [0.2, 0.25) is 0 Å². The topological polar surface area (TPSA) is 269 Å². The summed E-state index contributed by atoms with van der Waals surface area (Å²) >= 11 is 0. The third-order valence-electron chi connectivity index (χ3n) is 6.86. The van der Waals surface area contributed by atoms with Crippen LogP contribution in [0.5, 0.6) is 0 Å². The van der Waals surface area contributed by atoms with Crippen LogP contribution in [0.15, 0.2) is 47.5 Å². The molecule has 15 nitrogen and oxygen atoms in total. The van der Waals surface area contributed by atoms with E-state index in [2.05, 4.69) is 25.6 Å². The first-order valence-electron chi connectivity index (χ1n) is 15.4. The lowest BCUT2D eigenvalue weighted by Crippen LogP contribution is -2.38. The molecule has 0 bridgehead atoms. The van der Waals surface area contributed by atoms with E-state index in [0.717, 1.165) is 47.8 Å². The Morgan fingerprint density at radius 2 is 1.25 bits per heavy atom. The highest BCUT2D eigenvalue weighted by Gasteiger charge is 2.39. The van der Waals surface area contributed by atoms with Crippen molar-refractivity contribution in [1.29, 1.82) is 0 Å². The van der Waals surface area contributed by atoms with Gasteiger partial charge in [0.1, 0.15) is 5.82 Å². The molecule has 1 aliphatic rings. The molecule has 304 valence electrons. The van der Waals surface area contributed by atoms with Crippen molar-refractivity contribution in [2.24, 2.45) is 22.2 Å². The summed E-state index contributed by atoms with van der Waals surface area (Å²) in [6, 6.07) is 13.7. The molecule has 2 unspecified atom stereocenters. The Hall–Kier alpha value is -5.94. The van der Waals surface area contributed by atoms with Crippen LogP contribution in [0.25, 0.3) is 10.9 Å². The Kier molecular flexibility index (Phi) is 17.5. The van der Waals surface area contributed by atoms with Crippen molar-refractivity contribution in [2.75, 3.05) is 5.32 Å². The first-order chi connectivity index (χ1) is 25.3. The van der Waals surface area contributed by atoms with E-state index >= 15 is 0 Å². The normalized spacial score (nSPS) is 15.3. The van der Waals surface area contributed by atoms with Gasteiger partial charge in [0, 0.05) is 18.5 Å². The predicted molar refractivity (Wildman–Crippen MR) is 176 cm³/mol. The van der Waals surface area contributed by atoms with Crippen molar-refractivity contribution in [3.8, 4) is 0 Å². The molecule has 0 aliphatic heterocycles. The molecule has 0 spiro atoms. The summed E-state index contributed by atoms with van der Waals surface area (Å²) in [7, 11) is 0. The van der Waals surface area contributed by atoms with Gasteiger partial charge in [-0.15, -0.1) is 0 Å². The number of amides is 1. The van der Waals surface area contributed by atoms with Crippen molar-refractivity contribution in [3.63, 3.8) is 0 Å². The van der Waals surface area contributed by atoms with Crippen LogP contribution >= 0.6 is 0 Å². The number of halogens is 9. The van der Waals surface area contributed by atoms with Crippen LogP contribution in [0.1, 0.15) is 53.0 Å². The maximum Gasteiger partial charge on any atom is 0.490 e. The van der Waals surface area contributed by atoms with Crippen molar-refractivity contribution in [3.05, 3.63) is 65.0 Å². The number of hydrogen-bond donors (Lipinski definition) is 8. The fraction of sp³-hybridized carbons (Fsp3) is 0.387. The first-order valence-corrected chi connectivity index (χ1v) is 15.4. The van der Waals surface area contributed by atoms with Gasteiger partial charge in [0.25, 0.3) is 5.91 Å². The number of anilines is 1. The number of carbonyl (C=O) groups excluding carboxylic acids is 1. The number of aliphatic carboxylic acids is 3. The molecule has 2 aromatic carbocycles. The number of nitrogens with zero attached hydrogens (tertiary/aromatic N) is 3. The molecule has 1 amide bonds. The van der Waals surface area contributed by atoms with Crippen LogP contribution in [0.4, 0.5) is 45.3 Å². The highest BCUT2D eigenvalue weighted by molar-refractivity contribution is 5.96. The van der Waals surface area contributed by atoms with Gasteiger partial charge in [-0.2, -0.15) is 39.5 Å². The standard InChI is InChI=1S/C25H32N8O.3C2HF3O2/c1-15-6-11-19-18(12-15)22(31-20-4-2-3-5-21(20)32-25(27)28)33-23(30-19)24(34)29-14-17-9-7-16(13-26)8-10-17;3*3-2(4,5)1(6)7/h6-12,20-21H,2-5,13-14,26H2,1H3,(H,29,34)(H4,27,28,32)(H,30,31,33);3*(H,6,7). The molecule has 2 atom stereocenters. The van der Waals surface area contributed by atoms with Gasteiger partial charge in [-0.05, 0) is 43.0 Å². The molecule has 1 aromatic heterocycles. The molecule has 0 radical (unpaired) electrons. The number of carbonyl (C=O) groups is 4. The zero-order chi connectivity index (χ0) is 42.3. The van der Waals surface area contributed by atoms with Gasteiger partial charge in [-0.1, -0.05) is 48.7 Å². The van der Waals surface area contributed by atoms with Gasteiger partial charge in [-0.25, -0.2) is 29.3 Å². The number of aliphatic imine (C=N–C) groups is 1. The van der Waals surface area contributed by atoms with Crippen molar-refractivity contribution in [1.82, 2.24) is 15.3 Å². The van der Waals surface area contributed by atoms with E-state index < -0.39 is 36.4 Å². The number of rotatable bonds is 7. The van der Waals surface area contributed by atoms with Gasteiger partial charge in [-0.3, -0.25) is 4.79 Å². The average Bonchev–Trinajstić information content (AvgIpc) is 3.07. The minimum atomic E-state index is -5.08. The molecule has 3 aromatic rings. The molecule has 1 saturated carbocycles. The summed E-state index contributed by atoms with van der Waals surface area (Å²) in [5.74, 6) is -7.78. The van der Waals surface area contributed by atoms with E-state index in [4.69, 9.17) is 46.9 Å². The summed E-state index contributed by atoms with van der Waals surface area (Å²) in [5.41, 5.74) is 20.8. The number of nitrogens with one attached hydrogen (secondary N) is 2. The van der Waals surface area contributed by atoms with Gasteiger partial charge >= 0.3 is 36.4 Å². The number of guanidine groups is 1. The van der Waals surface area contributed by atoms with E-state index in [1.807, 2.05) is 49.4 Å². The average molecular weight is 803 g/mol. The quantitative estimate of drug-likeness (QED) is 0.0946. The van der Waals surface area contributed by atoms with Gasteiger partial charge in [0.05, 0.1) is 17.6 Å².